The zero-order valence-corrected chi connectivity index (χ0v) is 10.1. The van der Waals surface area contributed by atoms with E-state index in [9.17, 15) is 5.11 Å². The maximum atomic E-state index is 10.2. The fraction of sp³-hybridized carbons (Fsp3) is 0.500. The largest absolute Gasteiger partial charge is 0.388 e. The summed E-state index contributed by atoms with van der Waals surface area (Å²) in [7, 11) is 0. The monoisotopic (exact) mass is 225 g/mol. The van der Waals surface area contributed by atoms with Gasteiger partial charge in [-0.3, -0.25) is 0 Å². The van der Waals surface area contributed by atoms with Gasteiger partial charge in [-0.05, 0) is 30.9 Å². The number of hydrogen-bond donors (Lipinski definition) is 2. The minimum Gasteiger partial charge on any atom is -0.388 e. The van der Waals surface area contributed by atoms with Crippen LogP contribution in [0.5, 0.6) is 0 Å². The molecule has 0 heterocycles. The average molecular weight is 225 g/mol. The number of benzene rings is 1. The highest BCUT2D eigenvalue weighted by atomic mass is 32.2. The molecule has 2 atom stereocenters. The van der Waals surface area contributed by atoms with Crippen LogP contribution in [0, 0.1) is 5.92 Å². The lowest BCUT2D eigenvalue weighted by Crippen LogP contribution is -2.21. The van der Waals surface area contributed by atoms with E-state index in [1.54, 1.807) is 11.8 Å². The van der Waals surface area contributed by atoms with Crippen molar-refractivity contribution in [2.45, 2.75) is 24.3 Å². The van der Waals surface area contributed by atoms with Gasteiger partial charge in [0.05, 0.1) is 6.10 Å². The molecule has 1 aromatic rings. The van der Waals surface area contributed by atoms with E-state index in [1.165, 1.54) is 0 Å². The second-order valence-electron chi connectivity index (χ2n) is 3.59. The van der Waals surface area contributed by atoms with Crippen molar-refractivity contribution in [2.75, 3.05) is 12.8 Å². The fourth-order valence-electron chi connectivity index (χ4n) is 1.68. The molecule has 0 aromatic heterocycles. The van der Waals surface area contributed by atoms with Gasteiger partial charge < -0.3 is 10.8 Å². The molecule has 2 nitrogen and oxygen atoms in total. The highest BCUT2D eigenvalue weighted by Gasteiger charge is 2.19. The molecule has 84 valence electrons. The van der Waals surface area contributed by atoms with E-state index in [2.05, 4.69) is 6.92 Å². The van der Waals surface area contributed by atoms with Crippen LogP contribution in [0.1, 0.15) is 25.0 Å². The van der Waals surface area contributed by atoms with E-state index < -0.39 is 6.10 Å². The van der Waals surface area contributed by atoms with Gasteiger partial charge in [0, 0.05) is 10.8 Å². The molecule has 0 aliphatic rings. The fourth-order valence-corrected chi connectivity index (χ4v) is 2.32. The standard InChI is InChI=1S/C12H19NOS/c1-3-9(8-13)12(14)10-6-4-5-7-11(10)15-2/h4-7,9,12,14H,3,8,13H2,1-2H3. The number of aliphatic hydroxyl groups is 1. The van der Waals surface area contributed by atoms with Crippen LogP contribution in [-0.2, 0) is 0 Å². The summed E-state index contributed by atoms with van der Waals surface area (Å²) >= 11 is 1.66. The average Bonchev–Trinajstić information content (AvgIpc) is 2.30. The summed E-state index contributed by atoms with van der Waals surface area (Å²) in [4.78, 5) is 1.14. The summed E-state index contributed by atoms with van der Waals surface area (Å²) in [5, 5.41) is 10.2. The maximum Gasteiger partial charge on any atom is 0.0840 e. The normalized spacial score (nSPS) is 14.9. The molecular weight excluding hydrogens is 206 g/mol. The highest BCUT2D eigenvalue weighted by molar-refractivity contribution is 7.98. The van der Waals surface area contributed by atoms with Crippen LogP contribution in [0.3, 0.4) is 0 Å². The van der Waals surface area contributed by atoms with Gasteiger partial charge >= 0.3 is 0 Å². The minimum atomic E-state index is -0.441. The van der Waals surface area contributed by atoms with Gasteiger partial charge in [0.25, 0.3) is 0 Å². The molecule has 1 rings (SSSR count). The lowest BCUT2D eigenvalue weighted by molar-refractivity contribution is 0.107. The SMILES string of the molecule is CCC(CN)C(O)c1ccccc1SC. The molecule has 3 N–H and O–H groups in total. The van der Waals surface area contributed by atoms with E-state index in [-0.39, 0.29) is 5.92 Å². The summed E-state index contributed by atoms with van der Waals surface area (Å²) in [5.74, 6) is 0.151. The Morgan fingerprint density at radius 2 is 2.07 bits per heavy atom. The molecule has 15 heavy (non-hydrogen) atoms. The molecule has 0 saturated heterocycles. The first-order valence-electron chi connectivity index (χ1n) is 5.25. The Bertz CT molecular complexity index is 299. The third-order valence-electron chi connectivity index (χ3n) is 2.73. The number of hydrogen-bond acceptors (Lipinski definition) is 3. The van der Waals surface area contributed by atoms with E-state index in [4.69, 9.17) is 5.73 Å². The predicted octanol–water partition coefficient (Wildman–Crippen LogP) is 2.43. The van der Waals surface area contributed by atoms with Crippen molar-refractivity contribution < 1.29 is 5.11 Å². The quantitative estimate of drug-likeness (QED) is 0.757. The number of aliphatic hydroxyl groups excluding tert-OH is 1. The summed E-state index contributed by atoms with van der Waals surface area (Å²) in [6.07, 6.45) is 2.48. The molecule has 3 heteroatoms. The van der Waals surface area contributed by atoms with Crippen molar-refractivity contribution in [1.29, 1.82) is 0 Å². The van der Waals surface area contributed by atoms with Crippen LogP contribution in [-0.4, -0.2) is 17.9 Å². The molecule has 2 unspecified atom stereocenters. The Morgan fingerprint density at radius 3 is 2.60 bits per heavy atom. The Morgan fingerprint density at radius 1 is 1.40 bits per heavy atom. The summed E-state index contributed by atoms with van der Waals surface area (Å²) in [6, 6.07) is 7.97. The second-order valence-corrected chi connectivity index (χ2v) is 4.44. The molecule has 0 radical (unpaired) electrons. The molecule has 0 amide bonds. The first-order valence-corrected chi connectivity index (χ1v) is 6.48. The van der Waals surface area contributed by atoms with Gasteiger partial charge in [-0.2, -0.15) is 0 Å². The van der Waals surface area contributed by atoms with Gasteiger partial charge in [-0.1, -0.05) is 25.1 Å². The summed E-state index contributed by atoms with van der Waals surface area (Å²) in [5.41, 5.74) is 6.65. The van der Waals surface area contributed by atoms with Gasteiger partial charge in [0.15, 0.2) is 0 Å². The van der Waals surface area contributed by atoms with Gasteiger partial charge in [0.1, 0.15) is 0 Å². The highest BCUT2D eigenvalue weighted by Crippen LogP contribution is 2.30. The lowest BCUT2D eigenvalue weighted by atomic mass is 9.93. The third-order valence-corrected chi connectivity index (χ3v) is 3.54. The maximum absolute atomic E-state index is 10.2. The van der Waals surface area contributed by atoms with E-state index in [0.29, 0.717) is 6.54 Å². The topological polar surface area (TPSA) is 46.2 Å². The van der Waals surface area contributed by atoms with Crippen molar-refractivity contribution >= 4 is 11.8 Å². The van der Waals surface area contributed by atoms with Gasteiger partial charge in [-0.15, -0.1) is 11.8 Å². The minimum absolute atomic E-state index is 0.151. The molecule has 0 fully saturated rings. The van der Waals surface area contributed by atoms with Crippen LogP contribution in [0.15, 0.2) is 29.2 Å². The van der Waals surface area contributed by atoms with Crippen molar-refractivity contribution in [3.8, 4) is 0 Å². The van der Waals surface area contributed by atoms with E-state index in [0.717, 1.165) is 16.9 Å². The molecule has 1 aromatic carbocycles. The first kappa shape index (κ1) is 12.6. The number of nitrogens with two attached hydrogens (primary N) is 1. The molecule has 0 aliphatic carbocycles. The predicted molar refractivity (Wildman–Crippen MR) is 66.0 cm³/mol. The van der Waals surface area contributed by atoms with E-state index >= 15 is 0 Å². The van der Waals surface area contributed by atoms with Gasteiger partial charge in [-0.25, -0.2) is 0 Å². The zero-order chi connectivity index (χ0) is 11.3. The van der Waals surface area contributed by atoms with Crippen LogP contribution >= 0.6 is 11.8 Å². The Balaban J connectivity index is 2.93. The molecular formula is C12H19NOS. The van der Waals surface area contributed by atoms with Crippen LogP contribution in [0.2, 0.25) is 0 Å². The van der Waals surface area contributed by atoms with E-state index in [1.807, 2.05) is 30.5 Å². The summed E-state index contributed by atoms with van der Waals surface area (Å²) in [6.45, 7) is 2.59. The smallest absolute Gasteiger partial charge is 0.0840 e. The molecule has 0 aliphatic heterocycles. The first-order chi connectivity index (χ1) is 7.24. The van der Waals surface area contributed by atoms with Crippen molar-refractivity contribution in [2.24, 2.45) is 11.7 Å². The van der Waals surface area contributed by atoms with Crippen LogP contribution in [0.4, 0.5) is 0 Å². The Hall–Kier alpha value is -0.510. The zero-order valence-electron chi connectivity index (χ0n) is 9.31. The van der Waals surface area contributed by atoms with Crippen LogP contribution < -0.4 is 5.73 Å². The van der Waals surface area contributed by atoms with Gasteiger partial charge in [0.2, 0.25) is 0 Å². The second kappa shape index (κ2) is 6.16. The Labute approximate surface area is 95.9 Å². The molecule has 0 bridgehead atoms. The summed E-state index contributed by atoms with van der Waals surface area (Å²) < 4.78 is 0. The lowest BCUT2D eigenvalue weighted by Gasteiger charge is -2.22. The van der Waals surface area contributed by atoms with Crippen molar-refractivity contribution in [3.63, 3.8) is 0 Å². The Kier molecular flexibility index (Phi) is 5.15. The molecule has 0 spiro atoms. The van der Waals surface area contributed by atoms with Crippen molar-refractivity contribution in [3.05, 3.63) is 29.8 Å². The molecule has 0 saturated carbocycles. The number of thioether (sulfide) groups is 1. The number of rotatable bonds is 5. The van der Waals surface area contributed by atoms with Crippen molar-refractivity contribution in [1.82, 2.24) is 0 Å². The third kappa shape index (κ3) is 2.97. The van der Waals surface area contributed by atoms with Crippen LogP contribution in [0.25, 0.3) is 0 Å².